The summed E-state index contributed by atoms with van der Waals surface area (Å²) in [5.41, 5.74) is 0. The van der Waals surface area contributed by atoms with Gasteiger partial charge in [-0.15, -0.1) is 0 Å². The van der Waals surface area contributed by atoms with Crippen molar-refractivity contribution in [2.75, 3.05) is 6.61 Å². The Morgan fingerprint density at radius 1 is 1.19 bits per heavy atom. The van der Waals surface area contributed by atoms with Gasteiger partial charge in [0, 0.05) is 14.7 Å². The van der Waals surface area contributed by atoms with Crippen molar-refractivity contribution in [3.63, 3.8) is 0 Å². The molecule has 0 amide bonds. The van der Waals surface area contributed by atoms with Crippen LogP contribution in [0.3, 0.4) is 0 Å². The van der Waals surface area contributed by atoms with Gasteiger partial charge in [0.15, 0.2) is 0 Å². The first-order chi connectivity index (χ1) is 7.08. The Bertz CT molecular complexity index is 274. The van der Waals surface area contributed by atoms with E-state index in [1.165, 1.54) is 10.9 Å². The van der Waals surface area contributed by atoms with Crippen LogP contribution in [-0.4, -0.2) is 14.7 Å². The summed E-state index contributed by atoms with van der Waals surface area (Å²) >= 11 is 1.64. The quantitative estimate of drug-likeness (QED) is 0.323. The molecule has 0 saturated heterocycles. The molecule has 0 N–H and O–H groups in total. The molecule has 0 fully saturated rings. The first-order valence-corrected chi connectivity index (χ1v) is 9.82. The van der Waals surface area contributed by atoms with Gasteiger partial charge in [-0.3, -0.25) is 11.8 Å². The second kappa shape index (κ2) is 8.44. The summed E-state index contributed by atoms with van der Waals surface area (Å²) in [7, 11) is -0.941. The SMILES string of the molecule is C[Si](C)(C)CCO[CH-]Sc1ccccc1.[Li+]. The fourth-order valence-electron chi connectivity index (χ4n) is 1.00. The molecule has 0 heterocycles. The van der Waals surface area contributed by atoms with E-state index < -0.39 is 8.07 Å². The Morgan fingerprint density at radius 3 is 2.38 bits per heavy atom. The number of rotatable bonds is 6. The summed E-state index contributed by atoms with van der Waals surface area (Å²) < 4.78 is 5.49. The van der Waals surface area contributed by atoms with E-state index in [9.17, 15) is 0 Å². The van der Waals surface area contributed by atoms with E-state index in [1.807, 2.05) is 24.1 Å². The van der Waals surface area contributed by atoms with Crippen LogP contribution in [0.25, 0.3) is 0 Å². The maximum absolute atomic E-state index is 5.49. The molecule has 0 bridgehead atoms. The van der Waals surface area contributed by atoms with E-state index in [2.05, 4.69) is 31.8 Å². The normalized spacial score (nSPS) is 10.9. The van der Waals surface area contributed by atoms with Crippen molar-refractivity contribution in [2.24, 2.45) is 0 Å². The molecule has 4 heteroatoms. The largest absolute Gasteiger partial charge is 1.00 e. The van der Waals surface area contributed by atoms with Gasteiger partial charge in [-0.2, -0.15) is 5.94 Å². The summed E-state index contributed by atoms with van der Waals surface area (Å²) in [6.45, 7) is 7.94. The van der Waals surface area contributed by atoms with Gasteiger partial charge in [0.1, 0.15) is 0 Å². The van der Waals surface area contributed by atoms with Crippen LogP contribution in [0.15, 0.2) is 35.2 Å². The summed E-state index contributed by atoms with van der Waals surface area (Å²) in [5, 5.41) is 0. The predicted molar refractivity (Wildman–Crippen MR) is 70.7 cm³/mol. The second-order valence-corrected chi connectivity index (χ2v) is 11.2. The van der Waals surface area contributed by atoms with E-state index in [1.54, 1.807) is 11.8 Å². The third kappa shape index (κ3) is 8.49. The minimum Gasteiger partial charge on any atom is -0.541 e. The smallest absolute Gasteiger partial charge is 0.541 e. The number of thioether (sulfide) groups is 1. The molecular weight excluding hydrogens is 227 g/mol. The Hall–Kier alpha value is 0.344. The van der Waals surface area contributed by atoms with Crippen molar-refractivity contribution in [2.45, 2.75) is 30.6 Å². The van der Waals surface area contributed by atoms with Gasteiger partial charge in [0.05, 0.1) is 0 Å². The summed E-state index contributed by atoms with van der Waals surface area (Å²) in [6, 6.07) is 11.5. The third-order valence-electron chi connectivity index (χ3n) is 1.97. The minimum atomic E-state index is -0.941. The van der Waals surface area contributed by atoms with Crippen molar-refractivity contribution >= 4 is 19.8 Å². The van der Waals surface area contributed by atoms with Gasteiger partial charge < -0.3 is 4.74 Å². The zero-order valence-electron chi connectivity index (χ0n) is 10.7. The predicted octanol–water partition coefficient (Wildman–Crippen LogP) is 1.26. The van der Waals surface area contributed by atoms with Crippen LogP contribution >= 0.6 is 11.8 Å². The van der Waals surface area contributed by atoms with E-state index >= 15 is 0 Å². The number of ether oxygens (including phenoxy) is 1. The molecular formula is C12H19LiOSSi. The van der Waals surface area contributed by atoms with Gasteiger partial charge in [-0.25, -0.2) is 0 Å². The monoisotopic (exact) mass is 246 g/mol. The average Bonchev–Trinajstić information content (AvgIpc) is 2.17. The number of hydrogen-bond donors (Lipinski definition) is 0. The first kappa shape index (κ1) is 16.3. The van der Waals surface area contributed by atoms with Crippen molar-refractivity contribution in [1.82, 2.24) is 0 Å². The zero-order chi connectivity index (χ0) is 11.1. The average molecular weight is 246 g/mol. The van der Waals surface area contributed by atoms with Crippen LogP contribution < -0.4 is 18.9 Å². The molecule has 1 aromatic rings. The molecule has 84 valence electrons. The molecule has 1 nitrogen and oxygen atoms in total. The van der Waals surface area contributed by atoms with Gasteiger partial charge in [-0.05, 0) is 10.9 Å². The van der Waals surface area contributed by atoms with Crippen molar-refractivity contribution in [1.29, 1.82) is 0 Å². The zero-order valence-corrected chi connectivity index (χ0v) is 12.5. The number of benzene rings is 1. The Kier molecular flexibility index (Phi) is 8.62. The van der Waals surface area contributed by atoms with E-state index in [4.69, 9.17) is 4.74 Å². The molecule has 0 unspecified atom stereocenters. The summed E-state index contributed by atoms with van der Waals surface area (Å²) in [5.74, 6) is 1.84. The Labute approximate surface area is 117 Å². The van der Waals surface area contributed by atoms with Crippen molar-refractivity contribution < 1.29 is 23.6 Å². The number of hydrogen-bond acceptors (Lipinski definition) is 2. The van der Waals surface area contributed by atoms with Crippen LogP contribution in [0.4, 0.5) is 0 Å². The van der Waals surface area contributed by atoms with E-state index in [-0.39, 0.29) is 18.9 Å². The summed E-state index contributed by atoms with van der Waals surface area (Å²) in [4.78, 5) is 1.23. The molecule has 16 heavy (non-hydrogen) atoms. The molecule has 0 aliphatic carbocycles. The molecule has 0 aliphatic heterocycles. The molecule has 0 atom stereocenters. The summed E-state index contributed by atoms with van der Waals surface area (Å²) in [6.07, 6.45) is 0. The van der Waals surface area contributed by atoms with Crippen LogP contribution in [0, 0.1) is 5.94 Å². The standard InChI is InChI=1S/C12H19OSSi.Li/c1-15(2,3)10-9-13-11-14-12-7-5-4-6-8-12;/h4-8,11H,9-10H2,1-3H3;/q-1;+1. The van der Waals surface area contributed by atoms with Crippen LogP contribution in [0.2, 0.25) is 25.7 Å². The van der Waals surface area contributed by atoms with Crippen molar-refractivity contribution in [3.8, 4) is 0 Å². The molecule has 1 aromatic carbocycles. The van der Waals surface area contributed by atoms with Crippen LogP contribution in [-0.2, 0) is 4.74 Å². The van der Waals surface area contributed by atoms with E-state index in [0.29, 0.717) is 0 Å². The molecule has 0 radical (unpaired) electrons. The Balaban J connectivity index is 0.00000225. The molecule has 0 aliphatic rings. The minimum absolute atomic E-state index is 0. The third-order valence-corrected chi connectivity index (χ3v) is 4.45. The van der Waals surface area contributed by atoms with Crippen molar-refractivity contribution in [3.05, 3.63) is 36.3 Å². The second-order valence-electron chi connectivity index (χ2n) is 4.71. The molecule has 0 aromatic heterocycles. The van der Waals surface area contributed by atoms with Crippen LogP contribution in [0.5, 0.6) is 0 Å². The molecule has 1 rings (SSSR count). The van der Waals surface area contributed by atoms with Gasteiger partial charge in [0.25, 0.3) is 0 Å². The maximum atomic E-state index is 5.49. The fourth-order valence-corrected chi connectivity index (χ4v) is 2.32. The topological polar surface area (TPSA) is 9.23 Å². The van der Waals surface area contributed by atoms with Crippen LogP contribution in [0.1, 0.15) is 0 Å². The molecule has 0 spiro atoms. The van der Waals surface area contributed by atoms with Gasteiger partial charge >= 0.3 is 18.9 Å². The Morgan fingerprint density at radius 2 is 1.81 bits per heavy atom. The van der Waals surface area contributed by atoms with Gasteiger partial charge in [-0.1, -0.05) is 50.0 Å². The first-order valence-electron chi connectivity index (χ1n) is 5.23. The maximum Gasteiger partial charge on any atom is 1.00 e. The fraction of sp³-hybridized carbons (Fsp3) is 0.417. The van der Waals surface area contributed by atoms with Gasteiger partial charge in [0.2, 0.25) is 0 Å². The molecule has 0 saturated carbocycles. The van der Waals surface area contributed by atoms with E-state index in [0.717, 1.165) is 6.61 Å².